The van der Waals surface area contributed by atoms with Crippen molar-refractivity contribution in [1.29, 1.82) is 0 Å². The molecule has 2 heterocycles. The molecule has 20 heavy (non-hydrogen) atoms. The number of hydrogen-bond acceptors (Lipinski definition) is 6. The van der Waals surface area contributed by atoms with Gasteiger partial charge in [0.25, 0.3) is 0 Å². The summed E-state index contributed by atoms with van der Waals surface area (Å²) in [6.07, 6.45) is -2.62. The molecular formula is C11H13F2N3O4. The summed E-state index contributed by atoms with van der Waals surface area (Å²) in [6, 6.07) is 1.14. The van der Waals surface area contributed by atoms with Crippen molar-refractivity contribution in [3.8, 4) is 0 Å². The van der Waals surface area contributed by atoms with Crippen molar-refractivity contribution in [2.45, 2.75) is 23.9 Å². The van der Waals surface area contributed by atoms with Crippen LogP contribution in [0.5, 0.6) is 0 Å². The molecule has 1 aliphatic heterocycles. The van der Waals surface area contributed by atoms with Gasteiger partial charge in [-0.25, -0.2) is 4.79 Å². The summed E-state index contributed by atoms with van der Waals surface area (Å²) in [4.78, 5) is 14.9. The Hall–Kier alpha value is -1.84. The molecule has 0 aromatic carbocycles. The van der Waals surface area contributed by atoms with Gasteiger partial charge in [0.2, 0.25) is 6.23 Å². The van der Waals surface area contributed by atoms with Crippen molar-refractivity contribution in [3.63, 3.8) is 0 Å². The molecule has 1 fully saturated rings. The number of anilines is 1. The predicted molar refractivity (Wildman–Crippen MR) is 64.0 cm³/mol. The summed E-state index contributed by atoms with van der Waals surface area (Å²) < 4.78 is 33.7. The first-order valence-corrected chi connectivity index (χ1v) is 5.61. The molecule has 0 saturated carbocycles. The van der Waals surface area contributed by atoms with Crippen LogP contribution in [0.3, 0.4) is 0 Å². The first-order chi connectivity index (χ1) is 9.28. The van der Waals surface area contributed by atoms with Gasteiger partial charge >= 0.3 is 11.6 Å². The third-order valence-corrected chi connectivity index (χ3v) is 3.18. The van der Waals surface area contributed by atoms with E-state index in [9.17, 15) is 23.8 Å². The Morgan fingerprint density at radius 1 is 1.65 bits per heavy atom. The van der Waals surface area contributed by atoms with Gasteiger partial charge in [0.1, 0.15) is 11.4 Å². The lowest BCUT2D eigenvalue weighted by Crippen LogP contribution is -2.47. The van der Waals surface area contributed by atoms with Crippen LogP contribution < -0.4 is 11.4 Å². The quantitative estimate of drug-likeness (QED) is 0.633. The fourth-order valence-electron chi connectivity index (χ4n) is 2.01. The second-order valence-electron chi connectivity index (χ2n) is 4.41. The summed E-state index contributed by atoms with van der Waals surface area (Å²) in [5.74, 6) is -3.95. The average molecular weight is 289 g/mol. The third-order valence-electron chi connectivity index (χ3n) is 3.18. The maximum Gasteiger partial charge on any atom is 0.351 e. The smallest absolute Gasteiger partial charge is 0.351 e. The minimum Gasteiger partial charge on any atom is -0.393 e. The van der Waals surface area contributed by atoms with Crippen molar-refractivity contribution < 1.29 is 23.7 Å². The van der Waals surface area contributed by atoms with E-state index in [1.807, 2.05) is 0 Å². The van der Waals surface area contributed by atoms with Crippen LogP contribution in [0.1, 0.15) is 6.23 Å². The van der Waals surface area contributed by atoms with Crippen LogP contribution in [-0.4, -0.2) is 44.0 Å². The minimum absolute atomic E-state index is 0.134. The van der Waals surface area contributed by atoms with Crippen LogP contribution in [0, 0.1) is 0 Å². The number of hydrogen-bond donors (Lipinski definition) is 3. The van der Waals surface area contributed by atoms with Gasteiger partial charge in [0.05, 0.1) is 6.61 Å². The molecule has 1 aromatic heterocycles. The molecule has 110 valence electrons. The van der Waals surface area contributed by atoms with Crippen molar-refractivity contribution in [2.75, 3.05) is 12.3 Å². The maximum absolute atomic E-state index is 14.1. The van der Waals surface area contributed by atoms with E-state index < -0.39 is 36.2 Å². The highest BCUT2D eigenvalue weighted by atomic mass is 19.3. The van der Waals surface area contributed by atoms with Gasteiger partial charge in [-0.2, -0.15) is 13.8 Å². The van der Waals surface area contributed by atoms with Crippen molar-refractivity contribution >= 4 is 5.82 Å². The third kappa shape index (κ3) is 1.90. The van der Waals surface area contributed by atoms with Crippen LogP contribution in [-0.2, 0) is 4.74 Å². The molecule has 1 saturated heterocycles. The summed E-state index contributed by atoms with van der Waals surface area (Å²) >= 11 is 0. The summed E-state index contributed by atoms with van der Waals surface area (Å²) in [6.45, 7) is 2.35. The molecule has 7 nitrogen and oxygen atoms in total. The second-order valence-corrected chi connectivity index (χ2v) is 4.41. The maximum atomic E-state index is 14.1. The molecule has 2 rings (SSSR count). The highest BCUT2D eigenvalue weighted by Gasteiger charge is 2.65. The van der Waals surface area contributed by atoms with Crippen LogP contribution in [0.15, 0.2) is 29.7 Å². The second kappa shape index (κ2) is 4.62. The fraction of sp³-hybridized carbons (Fsp3) is 0.455. The Labute approximate surface area is 111 Å². The molecule has 4 N–H and O–H groups in total. The van der Waals surface area contributed by atoms with Crippen molar-refractivity contribution in [1.82, 2.24) is 9.55 Å². The van der Waals surface area contributed by atoms with Gasteiger partial charge in [0.15, 0.2) is 6.10 Å². The zero-order chi connectivity index (χ0) is 15.1. The summed E-state index contributed by atoms with van der Waals surface area (Å²) in [5, 5.41) is 18.9. The molecule has 1 aromatic rings. The van der Waals surface area contributed by atoms with Crippen molar-refractivity contribution in [2.24, 2.45) is 0 Å². The molecule has 1 aliphatic rings. The number of nitrogen functional groups attached to an aromatic ring is 1. The van der Waals surface area contributed by atoms with E-state index in [1.54, 1.807) is 0 Å². The van der Waals surface area contributed by atoms with Gasteiger partial charge < -0.3 is 20.7 Å². The van der Waals surface area contributed by atoms with Gasteiger partial charge in [0, 0.05) is 6.20 Å². The largest absolute Gasteiger partial charge is 0.393 e. The predicted octanol–water partition coefficient (Wildman–Crippen LogP) is -0.732. The van der Waals surface area contributed by atoms with Gasteiger partial charge in [-0.15, -0.1) is 6.58 Å². The zero-order valence-electron chi connectivity index (χ0n) is 10.2. The van der Waals surface area contributed by atoms with Crippen LogP contribution in [0.2, 0.25) is 0 Å². The lowest BCUT2D eigenvalue weighted by molar-refractivity contribution is -0.142. The van der Waals surface area contributed by atoms with E-state index in [0.717, 1.165) is 18.3 Å². The van der Waals surface area contributed by atoms with E-state index in [-0.39, 0.29) is 5.82 Å². The Morgan fingerprint density at radius 3 is 2.75 bits per heavy atom. The lowest BCUT2D eigenvalue weighted by Gasteiger charge is -2.25. The fourth-order valence-corrected chi connectivity index (χ4v) is 2.01. The zero-order valence-corrected chi connectivity index (χ0v) is 10.2. The van der Waals surface area contributed by atoms with Gasteiger partial charge in [-0.05, 0) is 6.07 Å². The summed E-state index contributed by atoms with van der Waals surface area (Å²) in [7, 11) is 0. The van der Waals surface area contributed by atoms with E-state index in [0.29, 0.717) is 4.57 Å². The minimum atomic E-state index is -3.82. The average Bonchev–Trinajstić information content (AvgIpc) is 2.60. The number of ether oxygens (including phenoxy) is 1. The monoisotopic (exact) mass is 289 g/mol. The van der Waals surface area contributed by atoms with E-state index >= 15 is 0 Å². The molecule has 0 spiro atoms. The molecule has 0 aliphatic carbocycles. The number of aliphatic hydroxyl groups excluding tert-OH is 2. The number of alkyl halides is 2. The molecule has 3 atom stereocenters. The van der Waals surface area contributed by atoms with E-state index in [4.69, 9.17) is 10.5 Å². The molecule has 0 radical (unpaired) electrons. The van der Waals surface area contributed by atoms with Crippen LogP contribution >= 0.6 is 0 Å². The number of halogens is 2. The van der Waals surface area contributed by atoms with Crippen molar-refractivity contribution in [3.05, 3.63) is 35.4 Å². The molecule has 1 unspecified atom stereocenters. The molecular weight excluding hydrogens is 276 g/mol. The van der Waals surface area contributed by atoms with Crippen LogP contribution in [0.4, 0.5) is 14.6 Å². The Balaban J connectivity index is 2.52. The Kier molecular flexibility index (Phi) is 3.36. The molecule has 0 amide bonds. The Bertz CT molecular complexity index is 591. The number of aliphatic hydroxyl groups is 2. The highest BCUT2D eigenvalue weighted by Crippen LogP contribution is 2.47. The number of nitrogens with two attached hydrogens (primary N) is 1. The lowest BCUT2D eigenvalue weighted by atomic mass is 9.96. The first kappa shape index (κ1) is 14.6. The highest BCUT2D eigenvalue weighted by molar-refractivity contribution is 5.24. The summed E-state index contributed by atoms with van der Waals surface area (Å²) in [5.41, 5.74) is 2.15. The standard InChI is InChI=1S/C11H13F2N3O4/c1-2-10(5-17)7(18)11(12,13)8(20-10)16-4-3-6(14)15-9(16)19/h2-4,7-8,17-18H,1,5H2,(H2,14,15,19)/t7-,8-,10?/m1/s1. The topological polar surface area (TPSA) is 111 Å². The van der Waals surface area contributed by atoms with Crippen LogP contribution in [0.25, 0.3) is 0 Å². The molecule has 9 heteroatoms. The van der Waals surface area contributed by atoms with E-state index in [1.165, 1.54) is 0 Å². The Morgan fingerprint density at radius 2 is 2.30 bits per heavy atom. The first-order valence-electron chi connectivity index (χ1n) is 5.61. The number of aromatic nitrogens is 2. The SMILES string of the molecule is C=CC1(CO)O[C@@H](n2ccc(N)nc2=O)C(F)(F)[C@@H]1O. The van der Waals surface area contributed by atoms with Gasteiger partial charge in [-0.1, -0.05) is 6.08 Å². The van der Waals surface area contributed by atoms with E-state index in [2.05, 4.69) is 11.6 Å². The normalized spacial score (nSPS) is 32.2. The number of rotatable bonds is 3. The molecule has 0 bridgehead atoms. The van der Waals surface area contributed by atoms with Gasteiger partial charge in [-0.3, -0.25) is 4.57 Å². The number of nitrogens with zero attached hydrogens (tertiary/aromatic N) is 2.